The van der Waals surface area contributed by atoms with E-state index in [0.717, 1.165) is 38.2 Å². The van der Waals surface area contributed by atoms with Crippen LogP contribution in [0, 0.1) is 0 Å². The summed E-state index contributed by atoms with van der Waals surface area (Å²) in [6.45, 7) is 9.56. The number of benzene rings is 1. The van der Waals surface area contributed by atoms with Crippen molar-refractivity contribution in [1.82, 2.24) is 14.4 Å². The maximum absolute atomic E-state index is 11.3. The third kappa shape index (κ3) is 3.26. The van der Waals surface area contributed by atoms with Gasteiger partial charge in [0, 0.05) is 55.9 Å². The molecule has 0 unspecified atom stereocenters. The van der Waals surface area contributed by atoms with Crippen LogP contribution in [-0.2, 0) is 6.54 Å². The monoisotopic (exact) mass is 315 g/mol. The van der Waals surface area contributed by atoms with Crippen molar-refractivity contribution < 1.29 is 9.90 Å². The van der Waals surface area contributed by atoms with E-state index < -0.39 is 5.97 Å². The molecule has 1 aliphatic heterocycles. The van der Waals surface area contributed by atoms with Gasteiger partial charge >= 0.3 is 5.97 Å². The lowest BCUT2D eigenvalue weighted by atomic mass is 10.1. The van der Waals surface area contributed by atoms with Crippen molar-refractivity contribution in [1.29, 1.82) is 0 Å². The third-order valence-electron chi connectivity index (χ3n) is 4.71. The lowest BCUT2D eigenvalue weighted by Crippen LogP contribution is -2.43. The fourth-order valence-corrected chi connectivity index (χ4v) is 3.26. The number of carbonyl (C=O) groups is 1. The summed E-state index contributed by atoms with van der Waals surface area (Å²) in [5, 5.41) is 10.4. The van der Waals surface area contributed by atoms with Crippen molar-refractivity contribution in [2.24, 2.45) is 0 Å². The lowest BCUT2D eigenvalue weighted by molar-refractivity contribution is 0.0697. The highest BCUT2D eigenvalue weighted by Crippen LogP contribution is 2.27. The first kappa shape index (κ1) is 16.0. The number of fused-ring (bicyclic) bond motifs is 1. The molecular weight excluding hydrogens is 290 g/mol. The first-order valence-corrected chi connectivity index (χ1v) is 8.23. The summed E-state index contributed by atoms with van der Waals surface area (Å²) < 4.78 is 2.19. The van der Waals surface area contributed by atoms with Crippen molar-refractivity contribution in [2.45, 2.75) is 26.4 Å². The topological polar surface area (TPSA) is 48.7 Å². The maximum Gasteiger partial charge on any atom is 0.335 e. The number of aromatic carboxylic acids is 1. The van der Waals surface area contributed by atoms with Crippen molar-refractivity contribution in [3.05, 3.63) is 35.5 Å². The van der Waals surface area contributed by atoms with Crippen LogP contribution < -0.4 is 0 Å². The van der Waals surface area contributed by atoms with Crippen LogP contribution in [0.3, 0.4) is 0 Å². The average Bonchev–Trinajstić information content (AvgIpc) is 2.88. The van der Waals surface area contributed by atoms with Gasteiger partial charge in [-0.3, -0.25) is 4.90 Å². The van der Waals surface area contributed by atoms with E-state index in [-0.39, 0.29) is 0 Å². The molecule has 1 aromatic heterocycles. The van der Waals surface area contributed by atoms with Crippen LogP contribution in [0.4, 0.5) is 0 Å². The number of likely N-dealkylation sites (N-methyl/N-ethyl adjacent to an activating group) is 1. The Morgan fingerprint density at radius 1 is 1.22 bits per heavy atom. The molecule has 0 amide bonds. The Balaban J connectivity index is 1.95. The number of rotatable bonds is 4. The van der Waals surface area contributed by atoms with E-state index in [4.69, 9.17) is 0 Å². The third-order valence-corrected chi connectivity index (χ3v) is 4.71. The van der Waals surface area contributed by atoms with E-state index in [9.17, 15) is 9.90 Å². The second kappa shape index (κ2) is 6.34. The van der Waals surface area contributed by atoms with Gasteiger partial charge in [0.05, 0.1) is 5.56 Å². The largest absolute Gasteiger partial charge is 0.478 e. The van der Waals surface area contributed by atoms with E-state index >= 15 is 0 Å². The van der Waals surface area contributed by atoms with Crippen LogP contribution in [0.2, 0.25) is 0 Å². The molecule has 1 aromatic carbocycles. The molecule has 5 heteroatoms. The summed E-state index contributed by atoms with van der Waals surface area (Å²) >= 11 is 0. The van der Waals surface area contributed by atoms with E-state index in [2.05, 4.69) is 41.5 Å². The Labute approximate surface area is 137 Å². The molecule has 1 fully saturated rings. The van der Waals surface area contributed by atoms with Crippen molar-refractivity contribution in [3.63, 3.8) is 0 Å². The SMILES string of the molecule is CC(C)n1cc(CN2CCN(C)CC2)c2ccc(C(=O)O)cc21. The summed E-state index contributed by atoms with van der Waals surface area (Å²) in [5.74, 6) is -0.871. The van der Waals surface area contributed by atoms with Gasteiger partial charge in [-0.15, -0.1) is 0 Å². The van der Waals surface area contributed by atoms with Gasteiger partial charge in [-0.2, -0.15) is 0 Å². The predicted octanol–water partition coefficient (Wildman–Crippen LogP) is 2.67. The number of carboxylic acid groups (broad SMARTS) is 1. The van der Waals surface area contributed by atoms with Crippen LogP contribution in [-0.4, -0.2) is 58.7 Å². The molecule has 2 heterocycles. The molecule has 0 saturated carbocycles. The van der Waals surface area contributed by atoms with Crippen LogP contribution in [0.25, 0.3) is 10.9 Å². The summed E-state index contributed by atoms with van der Waals surface area (Å²) in [4.78, 5) is 16.1. The Morgan fingerprint density at radius 3 is 2.52 bits per heavy atom. The van der Waals surface area contributed by atoms with Crippen LogP contribution in [0.1, 0.15) is 35.8 Å². The molecule has 0 radical (unpaired) electrons. The fraction of sp³-hybridized carbons (Fsp3) is 0.500. The number of aromatic nitrogens is 1. The van der Waals surface area contributed by atoms with Gasteiger partial charge in [-0.1, -0.05) is 6.07 Å². The molecule has 124 valence electrons. The number of hydrogen-bond acceptors (Lipinski definition) is 3. The minimum absolute atomic E-state index is 0.308. The molecule has 0 bridgehead atoms. The van der Waals surface area contributed by atoms with Crippen LogP contribution >= 0.6 is 0 Å². The fourth-order valence-electron chi connectivity index (χ4n) is 3.26. The van der Waals surface area contributed by atoms with Gasteiger partial charge in [-0.25, -0.2) is 4.79 Å². The van der Waals surface area contributed by atoms with Gasteiger partial charge in [0.15, 0.2) is 0 Å². The van der Waals surface area contributed by atoms with Crippen LogP contribution in [0.5, 0.6) is 0 Å². The molecule has 1 saturated heterocycles. The van der Waals surface area contributed by atoms with Gasteiger partial charge in [0.1, 0.15) is 0 Å². The zero-order chi connectivity index (χ0) is 16.6. The zero-order valence-electron chi connectivity index (χ0n) is 14.1. The number of hydrogen-bond donors (Lipinski definition) is 1. The Hall–Kier alpha value is -1.85. The molecule has 0 aliphatic carbocycles. The molecule has 1 aliphatic rings. The molecular formula is C18H25N3O2. The van der Waals surface area contributed by atoms with Crippen molar-refractivity contribution in [3.8, 4) is 0 Å². The Bertz CT molecular complexity index is 712. The van der Waals surface area contributed by atoms with E-state index in [0.29, 0.717) is 11.6 Å². The Kier molecular flexibility index (Phi) is 4.41. The Morgan fingerprint density at radius 2 is 1.91 bits per heavy atom. The van der Waals surface area contributed by atoms with Gasteiger partial charge in [-0.05, 0) is 38.6 Å². The zero-order valence-corrected chi connectivity index (χ0v) is 14.1. The summed E-state index contributed by atoms with van der Waals surface area (Å²) in [7, 11) is 2.16. The van der Waals surface area contributed by atoms with E-state index in [1.54, 1.807) is 12.1 Å². The second-order valence-electron chi connectivity index (χ2n) is 6.77. The van der Waals surface area contributed by atoms with Crippen molar-refractivity contribution >= 4 is 16.9 Å². The quantitative estimate of drug-likeness (QED) is 0.942. The maximum atomic E-state index is 11.3. The van der Waals surface area contributed by atoms with Gasteiger partial charge in [0.25, 0.3) is 0 Å². The first-order chi connectivity index (χ1) is 11.0. The summed E-state index contributed by atoms with van der Waals surface area (Å²) in [5.41, 5.74) is 2.66. The van der Waals surface area contributed by atoms with Gasteiger partial charge in [0.2, 0.25) is 0 Å². The molecule has 3 rings (SSSR count). The van der Waals surface area contributed by atoms with E-state index in [1.165, 1.54) is 10.9 Å². The summed E-state index contributed by atoms with van der Waals surface area (Å²) in [6.07, 6.45) is 2.19. The van der Waals surface area contributed by atoms with Crippen molar-refractivity contribution in [2.75, 3.05) is 33.2 Å². The summed E-state index contributed by atoms with van der Waals surface area (Å²) in [6, 6.07) is 5.78. The highest BCUT2D eigenvalue weighted by molar-refractivity contribution is 5.94. The molecule has 0 spiro atoms. The molecule has 1 N–H and O–H groups in total. The molecule has 0 atom stereocenters. The highest BCUT2D eigenvalue weighted by atomic mass is 16.4. The minimum atomic E-state index is -0.871. The minimum Gasteiger partial charge on any atom is -0.478 e. The average molecular weight is 315 g/mol. The molecule has 2 aromatic rings. The number of nitrogens with zero attached hydrogens (tertiary/aromatic N) is 3. The highest BCUT2D eigenvalue weighted by Gasteiger charge is 2.18. The smallest absolute Gasteiger partial charge is 0.335 e. The molecule has 5 nitrogen and oxygen atoms in total. The predicted molar refractivity (Wildman–Crippen MR) is 92.1 cm³/mol. The van der Waals surface area contributed by atoms with E-state index in [1.807, 2.05) is 6.07 Å². The molecule has 23 heavy (non-hydrogen) atoms. The normalized spacial score (nSPS) is 17.2. The lowest BCUT2D eigenvalue weighted by Gasteiger charge is -2.32. The number of carboxylic acids is 1. The standard InChI is InChI=1S/C18H25N3O2/c1-13(2)21-12-15(11-20-8-6-19(3)7-9-20)16-5-4-14(18(22)23)10-17(16)21/h4-5,10,12-13H,6-9,11H2,1-3H3,(H,22,23). The first-order valence-electron chi connectivity index (χ1n) is 8.23. The van der Waals surface area contributed by atoms with Gasteiger partial charge < -0.3 is 14.6 Å². The van der Waals surface area contributed by atoms with Crippen LogP contribution in [0.15, 0.2) is 24.4 Å². The number of piperazine rings is 1. The second-order valence-corrected chi connectivity index (χ2v) is 6.77.